The highest BCUT2D eigenvalue weighted by Gasteiger charge is 2.31. The molecule has 30 heavy (non-hydrogen) atoms. The number of fused-ring (bicyclic) bond motifs is 2. The maximum Gasteiger partial charge on any atom is 0.274 e. The van der Waals surface area contributed by atoms with Crippen molar-refractivity contribution in [3.8, 4) is 0 Å². The monoisotopic (exact) mass is 398 g/mol. The average Bonchev–Trinajstić information content (AvgIpc) is 2.75. The van der Waals surface area contributed by atoms with Gasteiger partial charge in [0.05, 0.1) is 27.7 Å². The molecule has 0 radical (unpaired) electrons. The minimum atomic E-state index is -0.665. The smallest absolute Gasteiger partial charge is 0.267 e. The fraction of sp³-hybridized carbons (Fsp3) is 0.167. The Kier molecular flexibility index (Phi) is 4.91. The first-order chi connectivity index (χ1) is 14.4. The van der Waals surface area contributed by atoms with Crippen LogP contribution in [-0.2, 0) is 0 Å². The Balaban J connectivity index is 1.73. The molecule has 0 fully saturated rings. The number of para-hydroxylation sites is 2. The van der Waals surface area contributed by atoms with Crippen molar-refractivity contribution in [3.05, 3.63) is 84.2 Å². The molecular weight excluding hydrogens is 376 g/mol. The van der Waals surface area contributed by atoms with Gasteiger partial charge in [-0.1, -0.05) is 36.4 Å². The summed E-state index contributed by atoms with van der Waals surface area (Å²) in [6, 6.07) is 18.3. The van der Waals surface area contributed by atoms with Gasteiger partial charge in [-0.2, -0.15) is 0 Å². The van der Waals surface area contributed by atoms with Crippen molar-refractivity contribution >= 4 is 33.6 Å². The van der Waals surface area contributed by atoms with Crippen molar-refractivity contribution in [1.29, 1.82) is 0 Å². The lowest BCUT2D eigenvalue weighted by molar-refractivity contribution is 0.0360. The van der Waals surface area contributed by atoms with E-state index in [9.17, 15) is 9.59 Å². The van der Waals surface area contributed by atoms with E-state index in [2.05, 4.69) is 15.4 Å². The molecule has 6 heteroatoms. The summed E-state index contributed by atoms with van der Waals surface area (Å²) in [7, 11) is 0. The lowest BCUT2D eigenvalue weighted by Gasteiger charge is -2.35. The molecule has 2 heterocycles. The van der Waals surface area contributed by atoms with E-state index in [1.54, 1.807) is 30.6 Å². The van der Waals surface area contributed by atoms with Crippen molar-refractivity contribution in [2.24, 2.45) is 0 Å². The third kappa shape index (κ3) is 3.59. The number of hydrogen-bond acceptors (Lipinski definition) is 4. The first-order valence-corrected chi connectivity index (χ1v) is 9.69. The van der Waals surface area contributed by atoms with E-state index in [-0.39, 0.29) is 5.91 Å². The van der Waals surface area contributed by atoms with Crippen LogP contribution in [-0.4, -0.2) is 32.3 Å². The van der Waals surface area contributed by atoms with Gasteiger partial charge in [0, 0.05) is 23.2 Å². The molecule has 6 nitrogen and oxygen atoms in total. The fourth-order valence-electron chi connectivity index (χ4n) is 3.37. The molecular formula is C24H22N4O2. The Bertz CT molecular complexity index is 1250. The normalized spacial score (nSPS) is 11.4. The highest BCUT2D eigenvalue weighted by atomic mass is 16.2. The highest BCUT2D eigenvalue weighted by molar-refractivity contribution is 6.09. The van der Waals surface area contributed by atoms with Crippen molar-refractivity contribution in [1.82, 2.24) is 20.4 Å². The van der Waals surface area contributed by atoms with Crippen LogP contribution in [0.2, 0.25) is 0 Å². The number of hydrazine groups is 1. The lowest BCUT2D eigenvalue weighted by Crippen LogP contribution is -2.56. The van der Waals surface area contributed by atoms with Crippen molar-refractivity contribution < 1.29 is 9.59 Å². The predicted molar refractivity (Wildman–Crippen MR) is 117 cm³/mol. The molecule has 0 unspecified atom stereocenters. The van der Waals surface area contributed by atoms with Crippen molar-refractivity contribution in [3.63, 3.8) is 0 Å². The molecule has 0 aliphatic rings. The number of nitrogens with one attached hydrogen (secondary N) is 1. The van der Waals surface area contributed by atoms with Crippen LogP contribution in [0.25, 0.3) is 21.8 Å². The van der Waals surface area contributed by atoms with Gasteiger partial charge in [0.15, 0.2) is 0 Å². The van der Waals surface area contributed by atoms with Gasteiger partial charge in [-0.3, -0.25) is 25.0 Å². The largest absolute Gasteiger partial charge is 0.274 e. The molecule has 2 amide bonds. The summed E-state index contributed by atoms with van der Waals surface area (Å²) >= 11 is 0. The third-order valence-corrected chi connectivity index (χ3v) is 4.83. The highest BCUT2D eigenvalue weighted by Crippen LogP contribution is 2.22. The number of hydrogen-bond donors (Lipinski definition) is 1. The van der Waals surface area contributed by atoms with Crippen LogP contribution in [0.1, 0.15) is 41.5 Å². The van der Waals surface area contributed by atoms with Gasteiger partial charge < -0.3 is 0 Å². The van der Waals surface area contributed by atoms with E-state index in [1.165, 1.54) is 5.01 Å². The molecule has 0 saturated carbocycles. The standard InChI is InChI=1S/C24H22N4O2/c1-24(2,3)28(23(30)19-13-5-9-17-11-7-15-26-21(17)19)27-22(29)18-12-4-8-16-10-6-14-25-20(16)18/h4-15H,1-3H3,(H,27,29). The van der Waals surface area contributed by atoms with Crippen LogP contribution in [0.5, 0.6) is 0 Å². The predicted octanol–water partition coefficient (Wildman–Crippen LogP) is 4.37. The number of aromatic nitrogens is 2. The maximum atomic E-state index is 13.5. The summed E-state index contributed by atoms with van der Waals surface area (Å²) in [6.07, 6.45) is 3.30. The first kappa shape index (κ1) is 19.5. The summed E-state index contributed by atoms with van der Waals surface area (Å²) in [5.74, 6) is -0.718. The number of amides is 2. The zero-order chi connectivity index (χ0) is 21.3. The average molecular weight is 398 g/mol. The molecule has 1 N–H and O–H groups in total. The number of nitrogens with zero attached hydrogens (tertiary/aromatic N) is 3. The summed E-state index contributed by atoms with van der Waals surface area (Å²) in [5, 5.41) is 3.08. The van der Waals surface area contributed by atoms with Crippen LogP contribution in [0, 0.1) is 0 Å². The molecule has 2 aromatic carbocycles. The second-order valence-corrected chi connectivity index (χ2v) is 8.01. The number of pyridine rings is 2. The van der Waals surface area contributed by atoms with Crippen molar-refractivity contribution in [2.75, 3.05) is 0 Å². The molecule has 0 saturated heterocycles. The minimum Gasteiger partial charge on any atom is -0.267 e. The van der Waals surface area contributed by atoms with Crippen LogP contribution >= 0.6 is 0 Å². The molecule has 0 atom stereocenters. The molecule has 0 spiro atoms. The van der Waals surface area contributed by atoms with Gasteiger partial charge in [0.25, 0.3) is 11.8 Å². The van der Waals surface area contributed by atoms with Crippen molar-refractivity contribution in [2.45, 2.75) is 26.3 Å². The Morgan fingerprint density at radius 1 is 0.767 bits per heavy atom. The van der Waals surface area contributed by atoms with Gasteiger partial charge in [0.1, 0.15) is 0 Å². The Morgan fingerprint density at radius 2 is 1.27 bits per heavy atom. The van der Waals surface area contributed by atoms with Gasteiger partial charge >= 0.3 is 0 Å². The second-order valence-electron chi connectivity index (χ2n) is 8.01. The SMILES string of the molecule is CC(C)(C)N(NC(=O)c1cccc2cccnc12)C(=O)c1cccc2cccnc12. The lowest BCUT2D eigenvalue weighted by atomic mass is 10.0. The van der Waals surface area contributed by atoms with E-state index in [4.69, 9.17) is 0 Å². The molecule has 0 aliphatic carbocycles. The number of carbonyl (C=O) groups is 2. The molecule has 0 aliphatic heterocycles. The van der Waals surface area contributed by atoms with E-state index in [0.717, 1.165) is 10.8 Å². The zero-order valence-electron chi connectivity index (χ0n) is 17.1. The number of benzene rings is 2. The summed E-state index contributed by atoms with van der Waals surface area (Å²) in [6.45, 7) is 5.60. The van der Waals surface area contributed by atoms with E-state index in [1.807, 2.05) is 63.2 Å². The molecule has 4 rings (SSSR count). The van der Waals surface area contributed by atoms with E-state index >= 15 is 0 Å². The van der Waals surface area contributed by atoms with E-state index in [0.29, 0.717) is 22.2 Å². The van der Waals surface area contributed by atoms with Gasteiger partial charge in [-0.15, -0.1) is 0 Å². The van der Waals surface area contributed by atoms with E-state index < -0.39 is 11.4 Å². The number of rotatable bonds is 2. The molecule has 150 valence electrons. The number of carbonyl (C=O) groups excluding carboxylic acids is 2. The molecule has 4 aromatic rings. The Morgan fingerprint density at radius 3 is 1.83 bits per heavy atom. The summed E-state index contributed by atoms with van der Waals surface area (Å²) < 4.78 is 0. The van der Waals surface area contributed by atoms with Crippen LogP contribution in [0.15, 0.2) is 73.1 Å². The van der Waals surface area contributed by atoms with Crippen LogP contribution < -0.4 is 5.43 Å². The van der Waals surface area contributed by atoms with Crippen LogP contribution in [0.3, 0.4) is 0 Å². The molecule has 2 aromatic heterocycles. The van der Waals surface area contributed by atoms with Gasteiger partial charge in [-0.05, 0) is 45.0 Å². The first-order valence-electron chi connectivity index (χ1n) is 9.69. The Hall–Kier alpha value is -3.80. The maximum absolute atomic E-state index is 13.5. The summed E-state index contributed by atoms with van der Waals surface area (Å²) in [4.78, 5) is 35.4. The van der Waals surface area contributed by atoms with Gasteiger partial charge in [0.2, 0.25) is 0 Å². The quantitative estimate of drug-likeness (QED) is 0.509. The minimum absolute atomic E-state index is 0.326. The topological polar surface area (TPSA) is 75.2 Å². The third-order valence-electron chi connectivity index (χ3n) is 4.83. The van der Waals surface area contributed by atoms with Gasteiger partial charge in [-0.25, -0.2) is 5.01 Å². The molecule has 0 bridgehead atoms. The fourth-order valence-corrected chi connectivity index (χ4v) is 3.37. The summed E-state index contributed by atoms with van der Waals surface area (Å²) in [5.41, 5.74) is 4.17. The van der Waals surface area contributed by atoms with Crippen LogP contribution in [0.4, 0.5) is 0 Å². The zero-order valence-corrected chi connectivity index (χ0v) is 17.1. The second kappa shape index (κ2) is 7.55. The Labute approximate surface area is 174 Å².